The Balaban J connectivity index is 1.93. The molecule has 138 valence electrons. The van der Waals surface area contributed by atoms with Crippen molar-refractivity contribution in [3.63, 3.8) is 0 Å². The lowest BCUT2D eigenvalue weighted by atomic mass is 10.1. The Hall–Kier alpha value is -3.19. The van der Waals surface area contributed by atoms with Crippen LogP contribution in [0.25, 0.3) is 5.57 Å². The van der Waals surface area contributed by atoms with Gasteiger partial charge in [-0.3, -0.25) is 0 Å². The summed E-state index contributed by atoms with van der Waals surface area (Å²) in [7, 11) is 0. The lowest BCUT2D eigenvalue weighted by molar-refractivity contribution is 0.227. The van der Waals surface area contributed by atoms with Gasteiger partial charge < -0.3 is 16.2 Å². The highest BCUT2D eigenvalue weighted by Gasteiger charge is 2.16. The number of nitrogens with two attached hydrogens (primary N) is 2. The molecular formula is C19H17ClFN5O. The van der Waals surface area contributed by atoms with Crippen LogP contribution in [-0.2, 0) is 0 Å². The smallest absolute Gasteiger partial charge is 0.166 e. The van der Waals surface area contributed by atoms with Crippen molar-refractivity contribution in [1.82, 2.24) is 15.0 Å². The summed E-state index contributed by atoms with van der Waals surface area (Å²) >= 11 is 6.15. The number of ether oxygens (including phenoxy) is 1. The largest absolute Gasteiger partial charge is 0.482 e. The summed E-state index contributed by atoms with van der Waals surface area (Å²) in [6.45, 7) is 1.74. The van der Waals surface area contributed by atoms with Crippen LogP contribution in [0.5, 0.6) is 5.75 Å². The molecule has 1 atom stereocenters. The minimum atomic E-state index is -0.550. The van der Waals surface area contributed by atoms with Gasteiger partial charge in [0.05, 0.1) is 0 Å². The summed E-state index contributed by atoms with van der Waals surface area (Å²) < 4.78 is 19.4. The predicted molar refractivity (Wildman–Crippen MR) is 102 cm³/mol. The van der Waals surface area contributed by atoms with E-state index in [0.29, 0.717) is 33.3 Å². The molecule has 3 aromatic rings. The lowest BCUT2D eigenvalue weighted by Gasteiger charge is -2.18. The molecule has 0 bridgehead atoms. The number of nitrogen functional groups attached to an aromatic ring is 1. The number of hydrogen-bond donors (Lipinski definition) is 2. The summed E-state index contributed by atoms with van der Waals surface area (Å²) in [5.74, 6) is 0.539. The maximum Gasteiger partial charge on any atom is 0.166 e. The number of anilines is 1. The van der Waals surface area contributed by atoms with E-state index in [9.17, 15) is 4.39 Å². The highest BCUT2D eigenvalue weighted by atomic mass is 35.5. The standard InChI is InChI=1S/C19H17ClFN5O/c1-11(14-8-13(21)3-4-16(14)20)27-17-7-12(10-26-18(17)23)15(9-22)19-24-5-2-6-25-19/h2-11H,22H2,1H3,(H2,23,26). The molecule has 1 unspecified atom stereocenters. The van der Waals surface area contributed by atoms with Crippen LogP contribution in [0.3, 0.4) is 0 Å². The Kier molecular flexibility index (Phi) is 5.52. The number of nitrogens with zero attached hydrogens (tertiary/aromatic N) is 3. The third-order valence-corrected chi connectivity index (χ3v) is 4.21. The van der Waals surface area contributed by atoms with Gasteiger partial charge in [0.2, 0.25) is 0 Å². The first-order valence-corrected chi connectivity index (χ1v) is 8.44. The number of hydrogen-bond acceptors (Lipinski definition) is 6. The second-order valence-electron chi connectivity index (χ2n) is 5.69. The van der Waals surface area contributed by atoms with Crippen molar-refractivity contribution in [1.29, 1.82) is 0 Å². The first-order valence-electron chi connectivity index (χ1n) is 8.06. The monoisotopic (exact) mass is 385 g/mol. The Morgan fingerprint density at radius 3 is 2.67 bits per heavy atom. The molecule has 0 radical (unpaired) electrons. The Morgan fingerprint density at radius 1 is 1.22 bits per heavy atom. The van der Waals surface area contributed by atoms with Gasteiger partial charge in [-0.1, -0.05) is 11.6 Å². The van der Waals surface area contributed by atoms with E-state index in [0.717, 1.165) is 0 Å². The van der Waals surface area contributed by atoms with Gasteiger partial charge in [-0.2, -0.15) is 0 Å². The molecule has 0 saturated carbocycles. The number of halogens is 2. The molecule has 2 aromatic heterocycles. The van der Waals surface area contributed by atoms with Crippen LogP contribution in [0.4, 0.5) is 10.2 Å². The second-order valence-corrected chi connectivity index (χ2v) is 6.09. The summed E-state index contributed by atoms with van der Waals surface area (Å²) in [6.07, 6.45) is 5.62. The number of pyridine rings is 1. The summed E-state index contributed by atoms with van der Waals surface area (Å²) in [6, 6.07) is 7.47. The predicted octanol–water partition coefficient (Wildman–Crippen LogP) is 3.73. The number of rotatable bonds is 5. The number of benzene rings is 1. The van der Waals surface area contributed by atoms with E-state index >= 15 is 0 Å². The molecule has 0 spiro atoms. The van der Waals surface area contributed by atoms with Crippen LogP contribution in [-0.4, -0.2) is 15.0 Å². The Morgan fingerprint density at radius 2 is 1.96 bits per heavy atom. The molecule has 0 fully saturated rings. The van der Waals surface area contributed by atoms with Gasteiger partial charge in [0.15, 0.2) is 17.4 Å². The normalized spacial score (nSPS) is 12.6. The van der Waals surface area contributed by atoms with Crippen molar-refractivity contribution in [3.8, 4) is 5.75 Å². The first kappa shape index (κ1) is 18.6. The lowest BCUT2D eigenvalue weighted by Crippen LogP contribution is -2.08. The van der Waals surface area contributed by atoms with Crippen molar-refractivity contribution in [2.24, 2.45) is 5.73 Å². The fourth-order valence-electron chi connectivity index (χ4n) is 2.51. The van der Waals surface area contributed by atoms with E-state index in [4.69, 9.17) is 27.8 Å². The van der Waals surface area contributed by atoms with Crippen molar-refractivity contribution in [3.05, 3.63) is 82.9 Å². The van der Waals surface area contributed by atoms with Gasteiger partial charge in [0.1, 0.15) is 11.9 Å². The third kappa shape index (κ3) is 4.15. The fraction of sp³-hybridized carbons (Fsp3) is 0.105. The molecule has 0 aliphatic heterocycles. The van der Waals surface area contributed by atoms with E-state index in [1.807, 2.05) is 0 Å². The molecule has 0 aliphatic carbocycles. The second kappa shape index (κ2) is 8.01. The van der Waals surface area contributed by atoms with Crippen molar-refractivity contribution in [2.75, 3.05) is 5.73 Å². The highest BCUT2D eigenvalue weighted by molar-refractivity contribution is 6.31. The van der Waals surface area contributed by atoms with Crippen LogP contribution in [0.1, 0.15) is 30.0 Å². The van der Waals surface area contributed by atoms with Crippen LogP contribution in [0.2, 0.25) is 5.02 Å². The molecule has 8 heteroatoms. The molecule has 27 heavy (non-hydrogen) atoms. The molecular weight excluding hydrogens is 369 g/mol. The maximum atomic E-state index is 13.5. The van der Waals surface area contributed by atoms with E-state index in [2.05, 4.69) is 15.0 Å². The average molecular weight is 386 g/mol. The van der Waals surface area contributed by atoms with Gasteiger partial charge in [-0.15, -0.1) is 0 Å². The molecule has 4 N–H and O–H groups in total. The minimum Gasteiger partial charge on any atom is -0.482 e. The van der Waals surface area contributed by atoms with Crippen LogP contribution < -0.4 is 16.2 Å². The van der Waals surface area contributed by atoms with Gasteiger partial charge in [0.25, 0.3) is 0 Å². The topological polar surface area (TPSA) is 99.9 Å². The van der Waals surface area contributed by atoms with Crippen LogP contribution >= 0.6 is 11.6 Å². The molecule has 6 nitrogen and oxygen atoms in total. The van der Waals surface area contributed by atoms with Crippen LogP contribution in [0, 0.1) is 5.82 Å². The molecule has 0 amide bonds. The van der Waals surface area contributed by atoms with E-state index in [1.54, 1.807) is 37.6 Å². The van der Waals surface area contributed by atoms with Crippen molar-refractivity contribution in [2.45, 2.75) is 13.0 Å². The van der Waals surface area contributed by atoms with E-state index < -0.39 is 11.9 Å². The zero-order chi connectivity index (χ0) is 19.4. The Bertz CT molecular complexity index is 981. The van der Waals surface area contributed by atoms with Gasteiger partial charge in [-0.25, -0.2) is 19.3 Å². The first-order chi connectivity index (χ1) is 13.0. The molecule has 0 aliphatic rings. The SMILES string of the molecule is CC(Oc1cc(C(=CN)c2ncccn2)cnc1N)c1cc(F)ccc1Cl. The molecule has 2 heterocycles. The summed E-state index contributed by atoms with van der Waals surface area (Å²) in [5, 5.41) is 0.395. The van der Waals surface area contributed by atoms with Gasteiger partial charge in [0, 0.05) is 46.5 Å². The highest BCUT2D eigenvalue weighted by Crippen LogP contribution is 2.32. The maximum absolute atomic E-state index is 13.5. The molecule has 3 rings (SSSR count). The van der Waals surface area contributed by atoms with Crippen LogP contribution in [0.15, 0.2) is 55.1 Å². The molecule has 0 saturated heterocycles. The zero-order valence-corrected chi connectivity index (χ0v) is 15.2. The Labute approximate surface area is 160 Å². The third-order valence-electron chi connectivity index (χ3n) is 3.87. The average Bonchev–Trinajstić information content (AvgIpc) is 2.67. The van der Waals surface area contributed by atoms with Gasteiger partial charge >= 0.3 is 0 Å². The fourth-order valence-corrected chi connectivity index (χ4v) is 2.79. The van der Waals surface area contributed by atoms with Gasteiger partial charge in [-0.05, 0) is 37.3 Å². The van der Waals surface area contributed by atoms with E-state index in [-0.39, 0.29) is 5.82 Å². The van der Waals surface area contributed by atoms with Crippen molar-refractivity contribution >= 4 is 23.0 Å². The summed E-state index contributed by atoms with van der Waals surface area (Å²) in [5.41, 5.74) is 13.4. The van der Waals surface area contributed by atoms with Crippen molar-refractivity contribution < 1.29 is 9.13 Å². The summed E-state index contributed by atoms with van der Waals surface area (Å²) in [4.78, 5) is 12.5. The zero-order valence-electron chi connectivity index (χ0n) is 14.4. The molecule has 1 aromatic carbocycles. The minimum absolute atomic E-state index is 0.184. The van der Waals surface area contributed by atoms with E-state index in [1.165, 1.54) is 24.4 Å². The number of aromatic nitrogens is 3. The quantitative estimate of drug-likeness (QED) is 0.694.